The molecule has 0 aromatic carbocycles. The fourth-order valence-corrected chi connectivity index (χ4v) is 4.57. The van der Waals surface area contributed by atoms with Crippen LogP contribution in [0.25, 0.3) is 0 Å². The Hall–Kier alpha value is 0.532. The van der Waals surface area contributed by atoms with Crippen molar-refractivity contribution in [1.29, 1.82) is 0 Å². The molecule has 0 fully saturated rings. The number of hydrogen-bond donors (Lipinski definition) is 0. The predicted octanol–water partition coefficient (Wildman–Crippen LogP) is 3.89. The van der Waals surface area contributed by atoms with Crippen LogP contribution in [0.4, 0.5) is 0 Å². The van der Waals surface area contributed by atoms with E-state index in [1.165, 1.54) is 25.7 Å². The minimum Gasteiger partial charge on any atom is -0.0885 e. The molecular formula is C10H25Al. The highest BCUT2D eigenvalue weighted by Gasteiger charge is 2.10. The van der Waals surface area contributed by atoms with Crippen molar-refractivity contribution >= 4 is 15.2 Å². The van der Waals surface area contributed by atoms with E-state index in [1.54, 1.807) is 0 Å². The molecule has 11 heavy (non-hydrogen) atoms. The Morgan fingerprint density at radius 2 is 1.36 bits per heavy atom. The van der Waals surface area contributed by atoms with Gasteiger partial charge in [-0.05, 0) is 0 Å². The van der Waals surface area contributed by atoms with Gasteiger partial charge < -0.3 is 0 Å². The standard InChI is InChI=1S/2C5H11.Al.H2.H/c2*1-3-5-4-2;;;/h2*3H,4-5H2,1-2H3;;1H;. The highest BCUT2D eigenvalue weighted by Crippen LogP contribution is 2.20. The van der Waals surface area contributed by atoms with E-state index in [0.29, 0.717) is 0 Å². The largest absolute Gasteiger partial charge is 0.244 e. The molecule has 0 spiro atoms. The Balaban J connectivity index is 0. The van der Waals surface area contributed by atoms with Crippen LogP contribution in [0.5, 0.6) is 0 Å². The average Bonchev–Trinajstić information content (AvgIpc) is 1.87. The third kappa shape index (κ3) is 6.91. The van der Waals surface area contributed by atoms with Crippen LogP contribution in [-0.2, 0) is 0 Å². The van der Waals surface area contributed by atoms with Gasteiger partial charge in [0.1, 0.15) is 0 Å². The van der Waals surface area contributed by atoms with Crippen LogP contribution >= 0.6 is 0 Å². The van der Waals surface area contributed by atoms with Crippen LogP contribution in [-0.4, -0.2) is 15.2 Å². The zero-order valence-corrected chi connectivity index (χ0v) is 10.1. The minimum absolute atomic E-state index is 0. The molecule has 0 saturated carbocycles. The van der Waals surface area contributed by atoms with E-state index in [9.17, 15) is 0 Å². The van der Waals surface area contributed by atoms with Crippen molar-refractivity contribution in [2.24, 2.45) is 0 Å². The molecular weight excluding hydrogens is 147 g/mol. The third-order valence-corrected chi connectivity index (χ3v) is 4.79. The maximum atomic E-state index is 2.45. The summed E-state index contributed by atoms with van der Waals surface area (Å²) in [7, 11) is 0. The van der Waals surface area contributed by atoms with E-state index in [0.717, 1.165) is 9.56 Å². The van der Waals surface area contributed by atoms with Crippen molar-refractivity contribution in [3.05, 3.63) is 0 Å². The molecule has 68 valence electrons. The molecule has 0 aromatic rings. The summed E-state index contributed by atoms with van der Waals surface area (Å²) in [6, 6.07) is 0. The molecule has 0 radical (unpaired) electrons. The van der Waals surface area contributed by atoms with Crippen LogP contribution in [0.15, 0.2) is 0 Å². The molecule has 1 heteroatoms. The summed E-state index contributed by atoms with van der Waals surface area (Å²) in [4.78, 5) is 0. The third-order valence-electron chi connectivity index (χ3n) is 2.37. The molecule has 2 unspecified atom stereocenters. The van der Waals surface area contributed by atoms with Gasteiger partial charge in [-0.3, -0.25) is 0 Å². The van der Waals surface area contributed by atoms with Crippen molar-refractivity contribution in [1.82, 2.24) is 0 Å². The topological polar surface area (TPSA) is 0 Å². The molecule has 0 rings (SSSR count). The van der Waals surface area contributed by atoms with Gasteiger partial charge in [-0.1, -0.05) is 62.9 Å². The fourth-order valence-electron chi connectivity index (χ4n) is 1.91. The molecule has 0 aliphatic carbocycles. The second-order valence-electron chi connectivity index (χ2n) is 4.02. The smallest absolute Gasteiger partial charge is 0.0885 e. The van der Waals surface area contributed by atoms with Gasteiger partial charge in [0.2, 0.25) is 15.2 Å². The van der Waals surface area contributed by atoms with Crippen LogP contribution in [0.3, 0.4) is 0 Å². The first-order valence-corrected chi connectivity index (χ1v) is 6.83. The van der Waals surface area contributed by atoms with Crippen LogP contribution in [0, 0.1) is 0 Å². The second kappa shape index (κ2) is 7.20. The summed E-state index contributed by atoms with van der Waals surface area (Å²) in [5, 5.41) is 0. The zero-order valence-electron chi connectivity index (χ0n) is 8.69. The first-order chi connectivity index (χ1) is 5.20. The molecule has 0 heterocycles. The molecule has 0 bridgehead atoms. The Morgan fingerprint density at radius 3 is 1.64 bits per heavy atom. The average molecular weight is 172 g/mol. The summed E-state index contributed by atoms with van der Waals surface area (Å²) in [6.45, 7) is 9.49. The number of rotatable bonds is 6. The SMILES string of the molecule is CCC[CH](C)[AlH][CH](C)CCC.[HH]. The molecule has 0 saturated heterocycles. The summed E-state index contributed by atoms with van der Waals surface area (Å²) < 4.78 is 2.17. The van der Waals surface area contributed by atoms with Gasteiger partial charge in [0.05, 0.1) is 0 Å². The van der Waals surface area contributed by atoms with E-state index in [4.69, 9.17) is 0 Å². The normalized spacial score (nSPS) is 16.0. The van der Waals surface area contributed by atoms with E-state index in [-0.39, 0.29) is 16.6 Å². The van der Waals surface area contributed by atoms with Crippen molar-refractivity contribution in [2.75, 3.05) is 0 Å². The summed E-state index contributed by atoms with van der Waals surface area (Å²) in [5.41, 5.74) is 0. The molecule has 0 aromatic heterocycles. The highest BCUT2D eigenvalue weighted by atomic mass is 27.1. The fraction of sp³-hybridized carbons (Fsp3) is 1.00. The highest BCUT2D eigenvalue weighted by molar-refractivity contribution is 6.39. The molecule has 0 aliphatic rings. The summed E-state index contributed by atoms with van der Waals surface area (Å²) in [6.07, 6.45) is 5.71. The Kier molecular flexibility index (Phi) is 7.54. The maximum absolute atomic E-state index is 2.45. The van der Waals surface area contributed by atoms with E-state index >= 15 is 0 Å². The monoisotopic (exact) mass is 172 g/mol. The predicted molar refractivity (Wildman–Crippen MR) is 57.9 cm³/mol. The Morgan fingerprint density at radius 1 is 1.00 bits per heavy atom. The first kappa shape index (κ1) is 11.5. The second-order valence-corrected chi connectivity index (χ2v) is 7.28. The van der Waals surface area contributed by atoms with Gasteiger partial charge in [0.15, 0.2) is 0 Å². The molecule has 0 amide bonds. The van der Waals surface area contributed by atoms with E-state index < -0.39 is 0 Å². The lowest BCUT2D eigenvalue weighted by atomic mass is 10.2. The first-order valence-electron chi connectivity index (χ1n) is 5.20. The van der Waals surface area contributed by atoms with Crippen molar-refractivity contribution in [3.63, 3.8) is 0 Å². The molecule has 0 nitrogen and oxygen atoms in total. The maximum Gasteiger partial charge on any atom is 0.244 e. The van der Waals surface area contributed by atoms with Crippen LogP contribution in [0.1, 0.15) is 54.8 Å². The lowest BCUT2D eigenvalue weighted by Crippen LogP contribution is -2.05. The quantitative estimate of drug-likeness (QED) is 0.533. The van der Waals surface area contributed by atoms with Crippen molar-refractivity contribution < 1.29 is 1.43 Å². The minimum atomic E-state index is 0. The van der Waals surface area contributed by atoms with Gasteiger partial charge in [-0.2, -0.15) is 0 Å². The zero-order chi connectivity index (χ0) is 8.69. The molecule has 2 atom stereocenters. The lowest BCUT2D eigenvalue weighted by Gasteiger charge is -2.12. The molecule has 0 N–H and O–H groups in total. The van der Waals surface area contributed by atoms with Crippen LogP contribution in [0.2, 0.25) is 9.56 Å². The lowest BCUT2D eigenvalue weighted by molar-refractivity contribution is 0.715. The summed E-state index contributed by atoms with van der Waals surface area (Å²) in [5.74, 6) is 0. The van der Waals surface area contributed by atoms with Gasteiger partial charge >= 0.3 is 0 Å². The van der Waals surface area contributed by atoms with Gasteiger partial charge in [0, 0.05) is 1.43 Å². The van der Waals surface area contributed by atoms with E-state index in [2.05, 4.69) is 27.7 Å². The number of hydrogen-bond acceptors (Lipinski definition) is 0. The molecule has 0 aliphatic heterocycles. The summed E-state index contributed by atoms with van der Waals surface area (Å²) >= 11 is 0.238. The van der Waals surface area contributed by atoms with Crippen molar-refractivity contribution in [2.45, 2.75) is 62.9 Å². The van der Waals surface area contributed by atoms with E-state index in [1.807, 2.05) is 0 Å². The van der Waals surface area contributed by atoms with Crippen LogP contribution < -0.4 is 0 Å². The Bertz CT molecular complexity index is 75.9. The van der Waals surface area contributed by atoms with Gasteiger partial charge in [-0.25, -0.2) is 0 Å². The van der Waals surface area contributed by atoms with Gasteiger partial charge in [0.25, 0.3) is 0 Å². The van der Waals surface area contributed by atoms with Crippen molar-refractivity contribution in [3.8, 4) is 0 Å². The Labute approximate surface area is 80.0 Å². The van der Waals surface area contributed by atoms with Gasteiger partial charge in [-0.15, -0.1) is 0 Å².